The first kappa shape index (κ1) is 97.2. The number of hydrogen-bond acceptors (Lipinski definition) is 27. The van der Waals surface area contributed by atoms with Crippen molar-refractivity contribution in [3.8, 4) is 11.5 Å². The number of thiophene rings is 4. The van der Waals surface area contributed by atoms with Crippen LogP contribution in [0, 0.1) is 23.3 Å². The van der Waals surface area contributed by atoms with Gasteiger partial charge in [0.15, 0.2) is 34.8 Å². The normalized spacial score (nSPS) is 13.5. The number of carbonyl (C=O) groups excluding carboxylic acids is 8. The molecule has 1 fully saturated rings. The Balaban J connectivity index is 0.000000125. The highest BCUT2D eigenvalue weighted by Crippen LogP contribution is 2.51. The largest absolute Gasteiger partial charge is 0.504 e. The van der Waals surface area contributed by atoms with Crippen molar-refractivity contribution in [1.82, 2.24) is 54.6 Å². The second-order valence-corrected chi connectivity index (χ2v) is 38.0. The van der Waals surface area contributed by atoms with Gasteiger partial charge in [0.2, 0.25) is 0 Å². The highest BCUT2D eigenvalue weighted by Gasteiger charge is 2.41. The molecule has 0 radical (unpaired) electrons. The number of methoxy groups -OCH3 is 1. The first-order valence-electron chi connectivity index (χ1n) is 42.9. The number of nitrogens with zero attached hydrogens (tertiary/aromatic N) is 15. The minimum absolute atomic E-state index is 0.0111. The van der Waals surface area contributed by atoms with Crippen LogP contribution in [0.25, 0.3) is 40.9 Å². The topological polar surface area (TPSA) is 421 Å². The molecule has 722 valence electrons. The summed E-state index contributed by atoms with van der Waals surface area (Å²) in [4.78, 5) is 154. The van der Waals surface area contributed by atoms with Crippen LogP contribution < -0.4 is 67.3 Å². The molecular weight excluding hydrogens is 2000 g/mol. The number of amides is 12. The SMILES string of the molecule is CC(C)OCCN(Cc1ccc(N)cc1)C(=O)c1sc2ncnc3c2c1NC(=O)N3c1ccc(F)c(Cl)c1.CN(C)Cc1ccc(NC(=O)c2sc3ncnc4c3c2NC(=O)N4c2ccc(F)c(Cl)c2)cc1.COc1ccc(NC(=O)c2sc3ncnc4c3c2NC(=O)N4c2ccc(F)c(Cl)c2)cc1O.O=C(Nc1ccc(CN2CCOCC2)cc1)c1sc2ncnc3c2c1NC(=O)N3c1ccc(F)c(Cl)c1. The molecule has 0 unspecified atom stereocenters. The Kier molecular flexibility index (Phi) is 28.4. The van der Waals surface area contributed by atoms with E-state index in [0.717, 1.165) is 96.2 Å². The van der Waals surface area contributed by atoms with Crippen molar-refractivity contribution < 1.29 is 75.2 Å². The van der Waals surface area contributed by atoms with E-state index < -0.39 is 53.3 Å². The van der Waals surface area contributed by atoms with Crippen molar-refractivity contribution in [3.05, 3.63) is 269 Å². The monoisotopic (exact) mass is 2070 g/mol. The Morgan fingerprint density at radius 2 is 0.803 bits per heavy atom. The van der Waals surface area contributed by atoms with Gasteiger partial charge in [0.05, 0.1) is 120 Å². The van der Waals surface area contributed by atoms with E-state index in [4.69, 9.17) is 66.3 Å². The third kappa shape index (κ3) is 20.3. The summed E-state index contributed by atoms with van der Waals surface area (Å²) in [7, 11) is 5.39. The molecule has 16 aromatic rings. The summed E-state index contributed by atoms with van der Waals surface area (Å²) in [5.74, 6) is -2.74. The van der Waals surface area contributed by atoms with Crippen molar-refractivity contribution in [2.45, 2.75) is 39.6 Å². The lowest BCUT2D eigenvalue weighted by Crippen LogP contribution is -2.37. The zero-order valence-electron chi connectivity index (χ0n) is 74.7. The van der Waals surface area contributed by atoms with Crippen LogP contribution in [-0.4, -0.2) is 174 Å². The summed E-state index contributed by atoms with van der Waals surface area (Å²) in [6.45, 7) is 9.74. The molecule has 47 heteroatoms. The second-order valence-electron chi connectivity index (χ2n) is 32.3. The first-order chi connectivity index (χ1) is 68.4. The minimum atomic E-state index is -0.620. The number of halogens is 8. The number of carbonyl (C=O) groups is 8. The number of nitrogens with two attached hydrogens (primary N) is 1. The summed E-state index contributed by atoms with van der Waals surface area (Å²) < 4.78 is 70.9. The Bertz CT molecular complexity index is 7740. The third-order valence-electron chi connectivity index (χ3n) is 22.2. The van der Waals surface area contributed by atoms with Gasteiger partial charge in [0.1, 0.15) is 87.4 Å². The number of morpholine rings is 1. The number of hydrogen-bond donors (Lipinski definition) is 9. The summed E-state index contributed by atoms with van der Waals surface area (Å²) in [5.41, 5.74) is 13.8. The van der Waals surface area contributed by atoms with Gasteiger partial charge in [-0.05, 0) is 166 Å². The second kappa shape index (κ2) is 41.4. The Labute approximate surface area is 838 Å². The molecule has 5 aliphatic rings. The van der Waals surface area contributed by atoms with Gasteiger partial charge in [0, 0.05) is 68.1 Å². The molecule has 10 N–H and O–H groups in total. The number of benzene rings is 8. The number of nitrogen functional groups attached to an aromatic ring is 1. The molecule has 35 nitrogen and oxygen atoms in total. The lowest BCUT2D eigenvalue weighted by Gasteiger charge is -2.28. The third-order valence-corrected chi connectivity index (χ3v) is 27.8. The number of aromatic hydroxyl groups is 1. The van der Waals surface area contributed by atoms with Crippen molar-refractivity contribution in [3.63, 3.8) is 0 Å². The Hall–Kier alpha value is -15.0. The van der Waals surface area contributed by atoms with E-state index in [1.54, 1.807) is 23.1 Å². The maximum absolute atomic E-state index is 13.9. The average Bonchev–Trinajstić information content (AvgIpc) is 1.59. The predicted molar refractivity (Wildman–Crippen MR) is 542 cm³/mol. The van der Waals surface area contributed by atoms with Crippen molar-refractivity contribution in [2.75, 3.05) is 123 Å². The molecule has 21 rings (SSSR count). The van der Waals surface area contributed by atoms with E-state index in [1.165, 1.54) is 142 Å². The molecule has 0 aliphatic carbocycles. The van der Waals surface area contributed by atoms with E-state index in [9.17, 15) is 61.0 Å². The average molecular weight is 2080 g/mol. The van der Waals surface area contributed by atoms with Crippen LogP contribution in [-0.2, 0) is 29.1 Å². The van der Waals surface area contributed by atoms with Gasteiger partial charge >= 0.3 is 24.1 Å². The highest BCUT2D eigenvalue weighted by molar-refractivity contribution is 7.22. The molecule has 1 saturated heterocycles. The van der Waals surface area contributed by atoms with E-state index >= 15 is 0 Å². The molecule has 12 amide bonds. The van der Waals surface area contributed by atoms with Crippen molar-refractivity contribution >= 4 is 272 Å². The standard InChI is InChI=1S/C26H24ClFN6O3S.C25H20ClFN6O3S.C23H18ClFN6O2S.C21H13ClFN5O4S/c1-14(2)37-10-9-33(12-15-3-5-16(29)6-4-15)25(35)22-21-20-23(30-13-31-24(20)38-22)34(26(36)32-21)17-7-8-19(28)18(27)11-17;26-17-11-16(5-6-18(17)27)33-22-19-20(31-25(33)35)21(37-24(19)29-13-28-22)23(34)30-15-3-1-14(2-4-15)12-32-7-9-36-10-8-32;1-30(2)10-12-3-5-13(6-4-12)28-21(32)19-18-17-20(26-11-27-22(17)34-19)31(23(33)29-18)14-7-8-16(25)15(24)9-14;1-32-14-5-2-9(6-13(14)29)26-19(30)17-16-15-18(24-8-25-20(15)33-17)28(21(31)27-16)10-3-4-12(23)11(22)7-10/h3-8,11,13-14H,9-10,12,29H2,1-2H3,(H,32,36);1-6,11,13H,7-10,12H2,(H,30,34)(H,31,35);3-9,11H,10H2,1-2H3,(H,28,32)(H,29,33);2-8,29H,1H3,(H,26,30)(H,27,31). The lowest BCUT2D eigenvalue weighted by molar-refractivity contribution is 0.0342. The summed E-state index contributed by atoms with van der Waals surface area (Å²) in [6.07, 6.45) is 5.25. The molecule has 142 heavy (non-hydrogen) atoms. The van der Waals surface area contributed by atoms with E-state index in [0.29, 0.717) is 138 Å². The zero-order chi connectivity index (χ0) is 99.7. The number of phenols is 1. The molecule has 0 spiro atoms. The van der Waals surface area contributed by atoms with Crippen LogP contribution in [0.5, 0.6) is 11.5 Å². The lowest BCUT2D eigenvalue weighted by atomic mass is 10.1. The predicted octanol–water partition coefficient (Wildman–Crippen LogP) is 21.7. The molecule has 0 atom stereocenters. The number of urea groups is 4. The van der Waals surface area contributed by atoms with Gasteiger partial charge in [-0.15, -0.1) is 45.3 Å². The van der Waals surface area contributed by atoms with E-state index in [-0.39, 0.29) is 89.3 Å². The molecule has 0 saturated carbocycles. The van der Waals surface area contributed by atoms with Crippen LogP contribution in [0.4, 0.5) is 128 Å². The first-order valence-corrected chi connectivity index (χ1v) is 47.7. The number of aromatic nitrogens is 8. The number of nitrogens with one attached hydrogen (secondary N) is 7. The van der Waals surface area contributed by atoms with Gasteiger partial charge < -0.3 is 72.1 Å². The quantitative estimate of drug-likeness (QED) is 0.0225. The summed E-state index contributed by atoms with van der Waals surface area (Å²) in [6, 6.07) is 40.4. The maximum Gasteiger partial charge on any atom is 0.332 e. The van der Waals surface area contributed by atoms with Crippen LogP contribution in [0.15, 0.2) is 189 Å². The fourth-order valence-corrected chi connectivity index (χ4v) is 20.4. The van der Waals surface area contributed by atoms with Gasteiger partial charge in [-0.25, -0.2) is 96.2 Å². The van der Waals surface area contributed by atoms with E-state index in [1.807, 2.05) is 88.6 Å². The molecule has 0 bridgehead atoms. The minimum Gasteiger partial charge on any atom is -0.504 e. The highest BCUT2D eigenvalue weighted by atomic mass is 35.5. The van der Waals surface area contributed by atoms with Crippen molar-refractivity contribution in [1.29, 1.82) is 0 Å². The van der Waals surface area contributed by atoms with Crippen LogP contribution in [0.3, 0.4) is 0 Å². The molecule has 8 aromatic carbocycles. The van der Waals surface area contributed by atoms with Crippen LogP contribution in [0.2, 0.25) is 20.1 Å². The fraction of sp³-hybridized carbons (Fsp3) is 0.158. The Morgan fingerprint density at radius 3 is 1.15 bits per heavy atom. The molecule has 13 heterocycles. The van der Waals surface area contributed by atoms with E-state index in [2.05, 4.69) is 86.9 Å². The zero-order valence-corrected chi connectivity index (χ0v) is 81.0. The van der Waals surface area contributed by atoms with Gasteiger partial charge in [-0.1, -0.05) is 82.8 Å². The molecular formula is C95H75Cl4F4N23O12S4. The molecule has 5 aliphatic heterocycles. The summed E-state index contributed by atoms with van der Waals surface area (Å²) >= 11 is 28.3. The number of ether oxygens (including phenoxy) is 3. The number of rotatable bonds is 22. The number of phenolic OH excluding ortho intramolecular Hbond substituents is 1. The van der Waals surface area contributed by atoms with Gasteiger partial charge in [0.25, 0.3) is 23.6 Å². The fourth-order valence-electron chi connectivity index (χ4n) is 15.7. The van der Waals surface area contributed by atoms with Crippen molar-refractivity contribution in [2.24, 2.45) is 0 Å². The summed E-state index contributed by atoms with van der Waals surface area (Å²) in [5, 5.41) is 31.0. The van der Waals surface area contributed by atoms with Gasteiger partial charge in [-0.2, -0.15) is 0 Å². The van der Waals surface area contributed by atoms with Crippen LogP contribution in [0.1, 0.15) is 69.2 Å². The maximum atomic E-state index is 13.9. The Morgan fingerprint density at radius 1 is 0.465 bits per heavy atom. The molecule has 8 aromatic heterocycles. The smallest absolute Gasteiger partial charge is 0.332 e. The van der Waals surface area contributed by atoms with Gasteiger partial charge in [-0.3, -0.25) is 24.1 Å². The number of anilines is 16. The van der Waals surface area contributed by atoms with Crippen LogP contribution >= 0.6 is 91.8 Å².